The zero-order valence-corrected chi connectivity index (χ0v) is 11.4. The number of aromatic nitrogens is 1. The molecule has 0 aliphatic heterocycles. The SMILES string of the molecule is N#CCc1ccc(-c2c(Cl)ccc(Cl)c2Cl)cn1. The van der Waals surface area contributed by atoms with E-state index < -0.39 is 0 Å². The molecule has 2 nitrogen and oxygen atoms in total. The highest BCUT2D eigenvalue weighted by Gasteiger charge is 2.12. The standard InChI is InChI=1S/C13H7Cl3N2/c14-10-3-4-11(15)13(16)12(10)8-1-2-9(5-6-17)18-7-8/h1-4,7H,5H2. The quantitative estimate of drug-likeness (QED) is 0.748. The molecule has 0 saturated carbocycles. The molecule has 5 heteroatoms. The monoisotopic (exact) mass is 296 g/mol. The molecule has 0 aliphatic rings. The van der Waals surface area contributed by atoms with Crippen LogP contribution in [0, 0.1) is 11.3 Å². The van der Waals surface area contributed by atoms with Crippen LogP contribution < -0.4 is 0 Å². The summed E-state index contributed by atoms with van der Waals surface area (Å²) in [6, 6.07) is 8.97. The zero-order chi connectivity index (χ0) is 13.1. The van der Waals surface area contributed by atoms with Crippen LogP contribution in [0.1, 0.15) is 5.69 Å². The number of rotatable bonds is 2. The molecule has 0 saturated heterocycles. The number of benzene rings is 1. The Labute approximate surface area is 120 Å². The van der Waals surface area contributed by atoms with Crippen molar-refractivity contribution in [3.05, 3.63) is 51.2 Å². The van der Waals surface area contributed by atoms with E-state index in [1.54, 1.807) is 24.4 Å². The van der Waals surface area contributed by atoms with E-state index in [0.717, 1.165) is 5.56 Å². The van der Waals surface area contributed by atoms with Gasteiger partial charge in [0.05, 0.1) is 33.3 Å². The summed E-state index contributed by atoms with van der Waals surface area (Å²) in [4.78, 5) is 4.17. The maximum Gasteiger partial charge on any atom is 0.0774 e. The van der Waals surface area contributed by atoms with Gasteiger partial charge >= 0.3 is 0 Å². The van der Waals surface area contributed by atoms with Crippen LogP contribution >= 0.6 is 34.8 Å². The van der Waals surface area contributed by atoms with Crippen LogP contribution in [0.25, 0.3) is 11.1 Å². The molecule has 18 heavy (non-hydrogen) atoms. The molecule has 1 heterocycles. The Morgan fingerprint density at radius 1 is 1.06 bits per heavy atom. The first-order chi connectivity index (χ1) is 8.63. The van der Waals surface area contributed by atoms with Crippen LogP contribution in [0.2, 0.25) is 15.1 Å². The third kappa shape index (κ3) is 2.59. The summed E-state index contributed by atoms with van der Waals surface area (Å²) < 4.78 is 0. The summed E-state index contributed by atoms with van der Waals surface area (Å²) >= 11 is 18.2. The Hall–Kier alpha value is -1.27. The van der Waals surface area contributed by atoms with Crippen molar-refractivity contribution in [3.8, 4) is 17.2 Å². The van der Waals surface area contributed by atoms with Crippen LogP contribution in [-0.4, -0.2) is 4.98 Å². The summed E-state index contributed by atoms with van der Waals surface area (Å²) in [5.41, 5.74) is 2.13. The number of hydrogen-bond acceptors (Lipinski definition) is 2. The Bertz CT molecular complexity index is 615. The van der Waals surface area contributed by atoms with Gasteiger partial charge in [-0.05, 0) is 18.2 Å². The molecule has 0 radical (unpaired) electrons. The summed E-state index contributed by atoms with van der Waals surface area (Å²) in [5.74, 6) is 0. The van der Waals surface area contributed by atoms with E-state index in [2.05, 4.69) is 4.98 Å². The van der Waals surface area contributed by atoms with Crippen LogP contribution in [0.5, 0.6) is 0 Å². The number of nitrogens with zero attached hydrogens (tertiary/aromatic N) is 2. The van der Waals surface area contributed by atoms with Gasteiger partial charge in [-0.25, -0.2) is 0 Å². The molecule has 0 N–H and O–H groups in total. The lowest BCUT2D eigenvalue weighted by Gasteiger charge is -2.08. The van der Waals surface area contributed by atoms with Crippen LogP contribution in [-0.2, 0) is 6.42 Å². The zero-order valence-electron chi connectivity index (χ0n) is 9.12. The number of pyridine rings is 1. The van der Waals surface area contributed by atoms with Crippen molar-refractivity contribution in [2.75, 3.05) is 0 Å². The Morgan fingerprint density at radius 2 is 1.78 bits per heavy atom. The Balaban J connectivity index is 2.49. The van der Waals surface area contributed by atoms with Crippen molar-refractivity contribution in [2.24, 2.45) is 0 Å². The summed E-state index contributed by atoms with van der Waals surface area (Å²) in [6.45, 7) is 0. The van der Waals surface area contributed by atoms with Crippen molar-refractivity contribution in [3.63, 3.8) is 0 Å². The van der Waals surface area contributed by atoms with E-state index in [1.807, 2.05) is 12.1 Å². The van der Waals surface area contributed by atoms with Crippen molar-refractivity contribution in [2.45, 2.75) is 6.42 Å². The van der Waals surface area contributed by atoms with Crippen LogP contribution in [0.4, 0.5) is 0 Å². The van der Waals surface area contributed by atoms with Crippen LogP contribution in [0.3, 0.4) is 0 Å². The van der Waals surface area contributed by atoms with Gasteiger partial charge in [0.25, 0.3) is 0 Å². The van der Waals surface area contributed by atoms with Gasteiger partial charge in [-0.2, -0.15) is 5.26 Å². The summed E-state index contributed by atoms with van der Waals surface area (Å²) in [6.07, 6.45) is 1.91. The Morgan fingerprint density at radius 3 is 2.39 bits per heavy atom. The van der Waals surface area contributed by atoms with Crippen molar-refractivity contribution in [1.82, 2.24) is 4.98 Å². The minimum absolute atomic E-state index is 0.275. The molecule has 2 aromatic rings. The van der Waals surface area contributed by atoms with Gasteiger partial charge in [-0.15, -0.1) is 0 Å². The van der Waals surface area contributed by atoms with E-state index in [1.165, 1.54) is 0 Å². The topological polar surface area (TPSA) is 36.7 Å². The highest BCUT2D eigenvalue weighted by Crippen LogP contribution is 2.38. The first-order valence-corrected chi connectivity index (χ1v) is 6.22. The summed E-state index contributed by atoms with van der Waals surface area (Å²) in [7, 11) is 0. The fourth-order valence-corrected chi connectivity index (χ4v) is 2.30. The van der Waals surface area contributed by atoms with Gasteiger partial charge in [0, 0.05) is 17.3 Å². The van der Waals surface area contributed by atoms with E-state index >= 15 is 0 Å². The normalized spacial score (nSPS) is 10.1. The molecule has 0 atom stereocenters. The van der Waals surface area contributed by atoms with Gasteiger partial charge in [-0.3, -0.25) is 4.98 Å². The third-order valence-electron chi connectivity index (χ3n) is 2.42. The maximum atomic E-state index is 8.58. The average Bonchev–Trinajstić information content (AvgIpc) is 2.37. The highest BCUT2D eigenvalue weighted by atomic mass is 35.5. The minimum Gasteiger partial charge on any atom is -0.260 e. The molecule has 0 fully saturated rings. The summed E-state index contributed by atoms with van der Waals surface area (Å²) in [5, 5.41) is 9.94. The predicted octanol–water partition coefficient (Wildman–Crippen LogP) is 4.77. The highest BCUT2D eigenvalue weighted by molar-refractivity contribution is 6.46. The average molecular weight is 298 g/mol. The second-order valence-corrected chi connectivity index (χ2v) is 4.78. The largest absolute Gasteiger partial charge is 0.260 e. The van der Waals surface area contributed by atoms with Gasteiger partial charge in [0.15, 0.2) is 0 Å². The van der Waals surface area contributed by atoms with Crippen molar-refractivity contribution >= 4 is 34.8 Å². The molecular weight excluding hydrogens is 291 g/mol. The van der Waals surface area contributed by atoms with Crippen molar-refractivity contribution < 1.29 is 0 Å². The number of hydrogen-bond donors (Lipinski definition) is 0. The molecule has 0 amide bonds. The molecule has 90 valence electrons. The van der Waals surface area contributed by atoms with E-state index in [0.29, 0.717) is 26.3 Å². The van der Waals surface area contributed by atoms with Crippen LogP contribution in [0.15, 0.2) is 30.5 Å². The molecule has 2 rings (SSSR count). The second kappa shape index (κ2) is 5.58. The molecular formula is C13H7Cl3N2. The van der Waals surface area contributed by atoms with Crippen molar-refractivity contribution in [1.29, 1.82) is 5.26 Å². The molecule has 0 unspecified atom stereocenters. The first-order valence-electron chi connectivity index (χ1n) is 5.09. The second-order valence-electron chi connectivity index (χ2n) is 3.59. The molecule has 1 aromatic heterocycles. The lowest BCUT2D eigenvalue weighted by Crippen LogP contribution is -1.89. The lowest BCUT2D eigenvalue weighted by atomic mass is 10.1. The van der Waals surface area contributed by atoms with E-state index in [9.17, 15) is 0 Å². The first kappa shape index (κ1) is 13.2. The minimum atomic E-state index is 0.275. The molecule has 1 aromatic carbocycles. The number of nitriles is 1. The van der Waals surface area contributed by atoms with Gasteiger partial charge < -0.3 is 0 Å². The molecule has 0 aliphatic carbocycles. The number of halogens is 3. The Kier molecular flexibility index (Phi) is 4.08. The van der Waals surface area contributed by atoms with E-state index in [4.69, 9.17) is 40.1 Å². The molecule has 0 spiro atoms. The maximum absolute atomic E-state index is 8.58. The lowest BCUT2D eigenvalue weighted by molar-refractivity contribution is 1.12. The van der Waals surface area contributed by atoms with Gasteiger partial charge in [0.1, 0.15) is 0 Å². The van der Waals surface area contributed by atoms with Gasteiger partial charge in [-0.1, -0.05) is 40.9 Å². The smallest absolute Gasteiger partial charge is 0.0774 e. The fourth-order valence-electron chi connectivity index (χ4n) is 1.55. The predicted molar refractivity (Wildman–Crippen MR) is 74.0 cm³/mol. The van der Waals surface area contributed by atoms with E-state index in [-0.39, 0.29) is 6.42 Å². The van der Waals surface area contributed by atoms with Gasteiger partial charge in [0.2, 0.25) is 0 Å². The molecule has 0 bridgehead atoms. The fraction of sp³-hybridized carbons (Fsp3) is 0.0769. The third-order valence-corrected chi connectivity index (χ3v) is 3.54.